The Morgan fingerprint density at radius 2 is 1.59 bits per heavy atom. The summed E-state index contributed by atoms with van der Waals surface area (Å²) in [5.41, 5.74) is 13.7. The molecular weight excluding hydrogens is 506 g/mol. The van der Waals surface area contributed by atoms with Crippen LogP contribution in [0.1, 0.15) is 67.8 Å². The zero-order chi connectivity index (χ0) is 28.9. The van der Waals surface area contributed by atoms with Gasteiger partial charge < -0.3 is 21.7 Å². The van der Waals surface area contributed by atoms with Gasteiger partial charge in [0, 0.05) is 49.5 Å². The highest BCUT2D eigenvalue weighted by molar-refractivity contribution is 5.76. The number of unbranched alkanes of at least 4 members (excludes halogenated alkanes) is 1. The highest BCUT2D eigenvalue weighted by Gasteiger charge is 2.15. The fourth-order valence-electron chi connectivity index (χ4n) is 4.88. The van der Waals surface area contributed by atoms with Crippen LogP contribution in [-0.4, -0.2) is 32.3 Å². The van der Waals surface area contributed by atoms with Gasteiger partial charge in [0.25, 0.3) is 0 Å². The van der Waals surface area contributed by atoms with E-state index in [-0.39, 0.29) is 5.91 Å². The molecule has 1 heterocycles. The minimum absolute atomic E-state index is 0.133. The minimum atomic E-state index is 0.133. The van der Waals surface area contributed by atoms with Gasteiger partial charge in [0.2, 0.25) is 5.91 Å². The first kappa shape index (κ1) is 30.1. The lowest BCUT2D eigenvalue weighted by Crippen LogP contribution is -2.25. The summed E-state index contributed by atoms with van der Waals surface area (Å²) in [6.45, 7) is 7.05. The number of hydrogen-bond acceptors (Lipinski definition) is 5. The van der Waals surface area contributed by atoms with Crippen LogP contribution in [0.5, 0.6) is 0 Å². The Kier molecular flexibility index (Phi) is 11.6. The molecule has 3 aromatic carbocycles. The monoisotopic (exact) mass is 549 g/mol. The van der Waals surface area contributed by atoms with Crippen LogP contribution in [-0.2, 0) is 4.79 Å². The number of nitrogens with two attached hydrogens (primary N) is 1. The molecule has 6 N–H and O–H groups in total. The second-order valence-electron chi connectivity index (χ2n) is 10.9. The van der Waals surface area contributed by atoms with Crippen molar-refractivity contribution in [2.45, 2.75) is 45.6 Å². The van der Waals surface area contributed by atoms with Crippen molar-refractivity contribution in [3.05, 3.63) is 101 Å². The van der Waals surface area contributed by atoms with Gasteiger partial charge in [0.1, 0.15) is 0 Å². The third kappa shape index (κ3) is 9.61. The molecule has 41 heavy (non-hydrogen) atoms. The molecule has 1 unspecified atom stereocenters. The summed E-state index contributed by atoms with van der Waals surface area (Å²) in [4.78, 5) is 11.9. The van der Waals surface area contributed by atoms with E-state index in [0.29, 0.717) is 31.6 Å². The predicted molar refractivity (Wildman–Crippen MR) is 170 cm³/mol. The summed E-state index contributed by atoms with van der Waals surface area (Å²) in [7, 11) is 0. The maximum Gasteiger partial charge on any atom is 0.220 e. The maximum absolute atomic E-state index is 11.9. The molecule has 0 spiro atoms. The zero-order valence-electron chi connectivity index (χ0n) is 24.3. The average molecular weight is 550 g/mol. The van der Waals surface area contributed by atoms with Crippen LogP contribution in [0.3, 0.4) is 0 Å². The lowest BCUT2D eigenvalue weighted by molar-refractivity contribution is -0.121. The van der Waals surface area contributed by atoms with Crippen molar-refractivity contribution in [2.24, 2.45) is 11.7 Å². The van der Waals surface area contributed by atoms with Crippen molar-refractivity contribution in [3.8, 4) is 23.0 Å². The lowest BCUT2D eigenvalue weighted by atomic mass is 9.99. The molecule has 0 aliphatic carbocycles. The molecule has 4 rings (SSSR count). The Hall–Kier alpha value is -3.89. The SMILES string of the molecule is CC(C)CC(=O)NCCCC/C(=C\NCN)c1ccc(C#Cc2ccc(-c3ccc(C4CNCN4)cc3)cc2)cc1. The Morgan fingerprint density at radius 1 is 0.951 bits per heavy atom. The molecule has 0 radical (unpaired) electrons. The van der Waals surface area contributed by atoms with Crippen LogP contribution in [0, 0.1) is 17.8 Å². The number of allylic oxidation sites excluding steroid dienone is 1. The Morgan fingerprint density at radius 3 is 2.17 bits per heavy atom. The minimum Gasteiger partial charge on any atom is -0.378 e. The van der Waals surface area contributed by atoms with E-state index in [1.807, 2.05) is 6.20 Å². The van der Waals surface area contributed by atoms with Gasteiger partial charge in [0.05, 0.1) is 6.67 Å². The Bertz CT molecular complexity index is 1330. The van der Waals surface area contributed by atoms with Gasteiger partial charge >= 0.3 is 0 Å². The molecule has 1 saturated heterocycles. The summed E-state index contributed by atoms with van der Waals surface area (Å²) in [6, 6.07) is 26.0. The Labute approximate surface area is 245 Å². The quantitative estimate of drug-likeness (QED) is 0.123. The lowest BCUT2D eigenvalue weighted by Gasteiger charge is -2.10. The van der Waals surface area contributed by atoms with Crippen LogP contribution >= 0.6 is 0 Å². The van der Waals surface area contributed by atoms with Gasteiger partial charge in [-0.05, 0) is 77.3 Å². The summed E-state index contributed by atoms with van der Waals surface area (Å²) >= 11 is 0. The molecule has 1 atom stereocenters. The summed E-state index contributed by atoms with van der Waals surface area (Å²) < 4.78 is 0. The maximum atomic E-state index is 11.9. The average Bonchev–Trinajstić information content (AvgIpc) is 3.53. The van der Waals surface area contributed by atoms with Gasteiger partial charge in [-0.25, -0.2) is 0 Å². The fraction of sp³-hybridized carbons (Fsp3) is 0.343. The van der Waals surface area contributed by atoms with Crippen LogP contribution in [0.15, 0.2) is 79.0 Å². The molecule has 3 aromatic rings. The first-order valence-electron chi connectivity index (χ1n) is 14.7. The second kappa shape index (κ2) is 15.8. The number of rotatable bonds is 12. The van der Waals surface area contributed by atoms with Crippen LogP contribution in [0.25, 0.3) is 16.7 Å². The van der Waals surface area contributed by atoms with Gasteiger partial charge in [0.15, 0.2) is 0 Å². The second-order valence-corrected chi connectivity index (χ2v) is 10.9. The van der Waals surface area contributed by atoms with Crippen molar-refractivity contribution in [1.29, 1.82) is 0 Å². The topological polar surface area (TPSA) is 91.2 Å². The van der Waals surface area contributed by atoms with Crippen molar-refractivity contribution < 1.29 is 4.79 Å². The Balaban J connectivity index is 1.31. The number of carbonyl (C=O) groups is 1. The predicted octanol–water partition coefficient (Wildman–Crippen LogP) is 5.12. The van der Waals surface area contributed by atoms with E-state index in [1.165, 1.54) is 22.3 Å². The molecule has 6 nitrogen and oxygen atoms in total. The summed E-state index contributed by atoms with van der Waals surface area (Å²) in [5.74, 6) is 7.10. The molecular formula is C35H43N5O. The number of nitrogens with one attached hydrogen (secondary N) is 4. The van der Waals surface area contributed by atoms with Crippen molar-refractivity contribution in [2.75, 3.05) is 26.4 Å². The van der Waals surface area contributed by atoms with E-state index < -0.39 is 0 Å². The third-order valence-corrected chi connectivity index (χ3v) is 7.14. The highest BCUT2D eigenvalue weighted by Crippen LogP contribution is 2.24. The van der Waals surface area contributed by atoms with Gasteiger partial charge in [-0.3, -0.25) is 10.1 Å². The first-order chi connectivity index (χ1) is 20.0. The van der Waals surface area contributed by atoms with Crippen molar-refractivity contribution in [1.82, 2.24) is 21.3 Å². The van der Waals surface area contributed by atoms with E-state index in [2.05, 4.69) is 120 Å². The molecule has 1 fully saturated rings. The highest BCUT2D eigenvalue weighted by atomic mass is 16.1. The van der Waals surface area contributed by atoms with E-state index in [1.54, 1.807) is 0 Å². The summed E-state index contributed by atoms with van der Waals surface area (Å²) in [6.07, 6.45) is 5.40. The standard InChI is InChI=1S/C35H43N5O/c1-26(2)21-35(41)39-20-4-3-5-33(22-37-24-36)31-14-10-28(11-15-31)7-6-27-8-12-29(13-9-27)30-16-18-32(19-17-30)34-23-38-25-40-34/h8-19,22,26,34,37-38,40H,3-5,20-21,23-25,36H2,1-2H3,(H,39,41)/b33-22+. The number of carbonyl (C=O) groups excluding carboxylic acids is 1. The summed E-state index contributed by atoms with van der Waals surface area (Å²) in [5, 5.41) is 12.9. The largest absolute Gasteiger partial charge is 0.378 e. The number of hydrogen-bond donors (Lipinski definition) is 5. The first-order valence-corrected chi connectivity index (χ1v) is 14.7. The molecule has 214 valence electrons. The van der Waals surface area contributed by atoms with Crippen LogP contribution in [0.2, 0.25) is 0 Å². The van der Waals surface area contributed by atoms with Crippen LogP contribution < -0.4 is 27.0 Å². The molecule has 6 heteroatoms. The van der Waals surface area contributed by atoms with Crippen molar-refractivity contribution >= 4 is 11.5 Å². The third-order valence-electron chi connectivity index (χ3n) is 7.14. The van der Waals surface area contributed by atoms with Crippen LogP contribution in [0.4, 0.5) is 0 Å². The number of benzene rings is 3. The molecule has 1 amide bonds. The zero-order valence-corrected chi connectivity index (χ0v) is 24.3. The number of amides is 1. The van der Waals surface area contributed by atoms with E-state index >= 15 is 0 Å². The molecule has 0 bridgehead atoms. The molecule has 1 aliphatic heterocycles. The van der Waals surface area contributed by atoms with E-state index in [0.717, 1.165) is 49.2 Å². The molecule has 0 aromatic heterocycles. The van der Waals surface area contributed by atoms with Gasteiger partial charge in [-0.1, -0.05) is 74.2 Å². The van der Waals surface area contributed by atoms with Crippen molar-refractivity contribution in [3.63, 3.8) is 0 Å². The molecule has 1 aliphatic rings. The normalized spacial score (nSPS) is 14.9. The van der Waals surface area contributed by atoms with Gasteiger partial charge in [-0.15, -0.1) is 0 Å². The fourth-order valence-corrected chi connectivity index (χ4v) is 4.88. The molecule has 0 saturated carbocycles. The van der Waals surface area contributed by atoms with Gasteiger partial charge in [-0.2, -0.15) is 0 Å². The van der Waals surface area contributed by atoms with E-state index in [9.17, 15) is 4.79 Å². The smallest absolute Gasteiger partial charge is 0.220 e. The van der Waals surface area contributed by atoms with E-state index in [4.69, 9.17) is 5.73 Å².